The first kappa shape index (κ1) is 13.9. The van der Waals surface area contributed by atoms with Gasteiger partial charge in [0.1, 0.15) is 0 Å². The molecule has 0 aromatic heterocycles. The number of nitrogens with one attached hydrogen (secondary N) is 1. The van der Waals surface area contributed by atoms with Gasteiger partial charge in [-0.25, -0.2) is 4.79 Å². The van der Waals surface area contributed by atoms with Crippen molar-refractivity contribution in [1.29, 1.82) is 0 Å². The van der Waals surface area contributed by atoms with Gasteiger partial charge in [-0.1, -0.05) is 28.1 Å². The number of carbonyl (C=O) groups excluding carboxylic acids is 1. The lowest BCUT2D eigenvalue weighted by Gasteiger charge is -2.18. The molecule has 2 aliphatic rings. The first-order chi connectivity index (χ1) is 9.65. The molecule has 3 rings (SSSR count). The van der Waals surface area contributed by atoms with Gasteiger partial charge in [-0.05, 0) is 36.5 Å². The molecule has 4 nitrogen and oxygen atoms in total. The van der Waals surface area contributed by atoms with E-state index in [0.717, 1.165) is 23.9 Å². The highest BCUT2D eigenvalue weighted by atomic mass is 79.9. The van der Waals surface area contributed by atoms with Gasteiger partial charge in [0.25, 0.3) is 0 Å². The Morgan fingerprint density at radius 3 is 3.10 bits per heavy atom. The molecule has 5 heteroatoms. The molecule has 0 aliphatic carbocycles. The van der Waals surface area contributed by atoms with Crippen molar-refractivity contribution in [2.45, 2.75) is 39.0 Å². The minimum absolute atomic E-state index is 0.00116. The summed E-state index contributed by atoms with van der Waals surface area (Å²) in [5.41, 5.74) is 3.68. The van der Waals surface area contributed by atoms with Gasteiger partial charge in [-0.2, -0.15) is 0 Å². The van der Waals surface area contributed by atoms with Crippen LogP contribution in [0.3, 0.4) is 0 Å². The molecule has 1 fully saturated rings. The molecule has 1 aromatic carbocycles. The zero-order valence-corrected chi connectivity index (χ0v) is 13.2. The maximum atomic E-state index is 12.2. The maximum absolute atomic E-state index is 12.2. The highest BCUT2D eigenvalue weighted by Gasteiger charge is 2.26. The monoisotopic (exact) mass is 338 g/mol. The molecule has 1 atom stereocenters. The molecule has 108 valence electrons. The summed E-state index contributed by atoms with van der Waals surface area (Å²) in [6.45, 7) is 4.87. The largest absolute Gasteiger partial charge is 0.376 e. The van der Waals surface area contributed by atoms with E-state index >= 15 is 0 Å². The normalized spacial score (nSPS) is 21.1. The lowest BCUT2D eigenvalue weighted by Crippen LogP contribution is -2.40. The third-order valence-electron chi connectivity index (χ3n) is 4.04. The molecule has 1 unspecified atom stereocenters. The minimum atomic E-state index is 0.00116. The molecule has 1 aromatic rings. The van der Waals surface area contributed by atoms with Gasteiger partial charge in [0.15, 0.2) is 0 Å². The van der Waals surface area contributed by atoms with Gasteiger partial charge in [-0.15, -0.1) is 0 Å². The molecule has 2 amide bonds. The molecule has 0 spiro atoms. The number of carbonyl (C=O) groups is 1. The number of urea groups is 1. The number of amides is 2. The van der Waals surface area contributed by atoms with Crippen molar-refractivity contribution < 1.29 is 9.53 Å². The van der Waals surface area contributed by atoms with E-state index < -0.39 is 0 Å². The topological polar surface area (TPSA) is 41.6 Å². The Hall–Kier alpha value is -1.07. The van der Waals surface area contributed by atoms with Crippen molar-refractivity contribution in [1.82, 2.24) is 10.2 Å². The third kappa shape index (κ3) is 2.69. The van der Waals surface area contributed by atoms with Crippen LogP contribution >= 0.6 is 15.9 Å². The van der Waals surface area contributed by atoms with E-state index in [9.17, 15) is 4.79 Å². The number of ether oxygens (including phenoxy) is 1. The molecule has 2 aliphatic heterocycles. The number of hydrogen-bond acceptors (Lipinski definition) is 2. The van der Waals surface area contributed by atoms with Crippen LogP contribution in [-0.4, -0.2) is 30.2 Å². The highest BCUT2D eigenvalue weighted by Crippen LogP contribution is 2.31. The van der Waals surface area contributed by atoms with Crippen LogP contribution in [0.2, 0.25) is 0 Å². The quantitative estimate of drug-likeness (QED) is 0.900. The fourth-order valence-electron chi connectivity index (χ4n) is 2.81. The van der Waals surface area contributed by atoms with Crippen molar-refractivity contribution in [3.8, 4) is 0 Å². The summed E-state index contributed by atoms with van der Waals surface area (Å²) in [6, 6.07) is 4.21. The molecule has 0 saturated carbocycles. The maximum Gasteiger partial charge on any atom is 0.318 e. The van der Waals surface area contributed by atoms with Crippen LogP contribution in [0.25, 0.3) is 0 Å². The van der Waals surface area contributed by atoms with Crippen LogP contribution in [0.4, 0.5) is 4.79 Å². The summed E-state index contributed by atoms with van der Waals surface area (Å²) in [5, 5.41) is 2.98. The zero-order chi connectivity index (χ0) is 14.1. The van der Waals surface area contributed by atoms with E-state index in [-0.39, 0.29) is 12.1 Å². The van der Waals surface area contributed by atoms with Gasteiger partial charge >= 0.3 is 6.03 Å². The van der Waals surface area contributed by atoms with E-state index in [4.69, 9.17) is 4.74 Å². The third-order valence-corrected chi connectivity index (χ3v) is 5.14. The second kappa shape index (κ2) is 5.74. The molecule has 0 bridgehead atoms. The Balaban J connectivity index is 1.60. The average molecular weight is 339 g/mol. The molecular weight excluding hydrogens is 320 g/mol. The lowest BCUT2D eigenvalue weighted by atomic mass is 10.1. The number of rotatable bonds is 2. The predicted molar refractivity (Wildman–Crippen MR) is 80.5 cm³/mol. The number of aryl methyl sites for hydroxylation is 1. The molecular formula is C15H19BrN2O2. The van der Waals surface area contributed by atoms with Crippen LogP contribution in [0.1, 0.15) is 29.5 Å². The van der Waals surface area contributed by atoms with Crippen LogP contribution < -0.4 is 5.32 Å². The van der Waals surface area contributed by atoms with Crippen molar-refractivity contribution in [3.05, 3.63) is 33.3 Å². The molecule has 1 N–H and O–H groups in total. The van der Waals surface area contributed by atoms with Crippen molar-refractivity contribution in [3.63, 3.8) is 0 Å². The number of benzene rings is 1. The van der Waals surface area contributed by atoms with Crippen LogP contribution in [0.5, 0.6) is 0 Å². The van der Waals surface area contributed by atoms with Crippen LogP contribution in [-0.2, 0) is 17.8 Å². The Morgan fingerprint density at radius 1 is 1.50 bits per heavy atom. The number of fused-ring (bicyclic) bond motifs is 1. The second-order valence-electron chi connectivity index (χ2n) is 5.51. The summed E-state index contributed by atoms with van der Waals surface area (Å²) >= 11 is 3.62. The van der Waals surface area contributed by atoms with Gasteiger partial charge in [-0.3, -0.25) is 0 Å². The smallest absolute Gasteiger partial charge is 0.318 e. The Morgan fingerprint density at radius 2 is 2.35 bits per heavy atom. The summed E-state index contributed by atoms with van der Waals surface area (Å²) in [6.07, 6.45) is 2.34. The first-order valence-electron chi connectivity index (χ1n) is 7.06. The van der Waals surface area contributed by atoms with E-state index in [1.807, 2.05) is 4.90 Å². The highest BCUT2D eigenvalue weighted by molar-refractivity contribution is 9.10. The summed E-state index contributed by atoms with van der Waals surface area (Å²) < 4.78 is 6.65. The van der Waals surface area contributed by atoms with Crippen LogP contribution in [0.15, 0.2) is 16.6 Å². The van der Waals surface area contributed by atoms with Crippen LogP contribution in [0, 0.1) is 6.92 Å². The Bertz CT molecular complexity index is 527. The predicted octanol–water partition coefficient (Wildman–Crippen LogP) is 2.96. The first-order valence-corrected chi connectivity index (χ1v) is 7.85. The van der Waals surface area contributed by atoms with Gasteiger partial charge < -0.3 is 15.0 Å². The molecule has 0 radical (unpaired) electrons. The van der Waals surface area contributed by atoms with E-state index in [0.29, 0.717) is 19.6 Å². The van der Waals surface area contributed by atoms with E-state index in [1.54, 1.807) is 0 Å². The van der Waals surface area contributed by atoms with E-state index in [1.165, 1.54) is 16.7 Å². The SMILES string of the molecule is Cc1ccc2c(c1Br)CN(C(=O)NCC1CCCO1)C2. The molecule has 20 heavy (non-hydrogen) atoms. The Kier molecular flexibility index (Phi) is 3.98. The number of halogens is 1. The zero-order valence-electron chi connectivity index (χ0n) is 11.6. The average Bonchev–Trinajstić information content (AvgIpc) is 3.09. The molecule has 2 heterocycles. The molecule has 1 saturated heterocycles. The van der Waals surface area contributed by atoms with Gasteiger partial charge in [0.2, 0.25) is 0 Å². The summed E-state index contributed by atoms with van der Waals surface area (Å²) in [5.74, 6) is 0. The van der Waals surface area contributed by atoms with Gasteiger partial charge in [0.05, 0.1) is 6.10 Å². The number of nitrogens with zero attached hydrogens (tertiary/aromatic N) is 1. The van der Waals surface area contributed by atoms with Crippen molar-refractivity contribution >= 4 is 22.0 Å². The fourth-order valence-corrected chi connectivity index (χ4v) is 3.32. The van der Waals surface area contributed by atoms with Gasteiger partial charge in [0, 0.05) is 30.7 Å². The summed E-state index contributed by atoms with van der Waals surface area (Å²) in [7, 11) is 0. The second-order valence-corrected chi connectivity index (χ2v) is 6.30. The lowest BCUT2D eigenvalue weighted by molar-refractivity contribution is 0.109. The van der Waals surface area contributed by atoms with Crippen molar-refractivity contribution in [2.24, 2.45) is 0 Å². The Labute approximate surface area is 127 Å². The fraction of sp³-hybridized carbons (Fsp3) is 0.533. The van der Waals surface area contributed by atoms with Crippen molar-refractivity contribution in [2.75, 3.05) is 13.2 Å². The minimum Gasteiger partial charge on any atom is -0.376 e. The summed E-state index contributed by atoms with van der Waals surface area (Å²) in [4.78, 5) is 14.1. The number of hydrogen-bond donors (Lipinski definition) is 1. The van der Waals surface area contributed by atoms with E-state index in [2.05, 4.69) is 40.3 Å². The standard InChI is InChI=1S/C15H19BrN2O2/c1-10-4-5-11-8-18(9-13(11)14(10)16)15(19)17-7-12-3-2-6-20-12/h4-5,12H,2-3,6-9H2,1H3,(H,17,19).